The van der Waals surface area contributed by atoms with E-state index in [0.29, 0.717) is 13.0 Å². The van der Waals surface area contributed by atoms with Crippen molar-refractivity contribution in [1.29, 1.82) is 0 Å². The molecule has 2 aromatic heterocycles. The highest BCUT2D eigenvalue weighted by Gasteiger charge is 2.17. The Morgan fingerprint density at radius 3 is 2.95 bits per heavy atom. The summed E-state index contributed by atoms with van der Waals surface area (Å²) < 4.78 is 5.13. The average molecular weight is 277 g/mol. The Balaban J connectivity index is 2.10. The lowest BCUT2D eigenvalue weighted by Crippen LogP contribution is -2.11. The number of nitro groups is 1. The number of aromatic nitrogens is 1. The van der Waals surface area contributed by atoms with Crippen molar-refractivity contribution in [2.45, 2.75) is 6.42 Å². The largest absolute Gasteiger partial charge is 0.478 e. The number of nitrogens with zero attached hydrogens (tertiary/aromatic N) is 2. The Morgan fingerprint density at radius 2 is 2.35 bits per heavy atom. The van der Waals surface area contributed by atoms with E-state index in [1.165, 1.54) is 0 Å². The molecule has 0 spiro atoms. The summed E-state index contributed by atoms with van der Waals surface area (Å²) in [5, 5.41) is 22.5. The van der Waals surface area contributed by atoms with Crippen LogP contribution in [0.2, 0.25) is 0 Å². The van der Waals surface area contributed by atoms with E-state index in [4.69, 9.17) is 9.52 Å². The Kier molecular flexibility index (Phi) is 3.94. The van der Waals surface area contributed by atoms with E-state index in [0.717, 1.165) is 18.0 Å². The van der Waals surface area contributed by atoms with Gasteiger partial charge in [0.15, 0.2) is 0 Å². The SMILES string of the molecule is O=C(O)c1cc([N+](=O)[O-])cnc1NCCc1ccco1. The van der Waals surface area contributed by atoms with Crippen LogP contribution in [0, 0.1) is 10.1 Å². The second-order valence-electron chi connectivity index (χ2n) is 3.91. The summed E-state index contributed by atoms with van der Waals surface area (Å²) in [6.45, 7) is 0.401. The Labute approximate surface area is 113 Å². The smallest absolute Gasteiger partial charge is 0.339 e. The van der Waals surface area contributed by atoms with E-state index in [2.05, 4.69) is 10.3 Å². The fourth-order valence-corrected chi connectivity index (χ4v) is 1.62. The van der Waals surface area contributed by atoms with E-state index in [-0.39, 0.29) is 17.1 Å². The monoisotopic (exact) mass is 277 g/mol. The molecule has 0 bridgehead atoms. The van der Waals surface area contributed by atoms with E-state index in [9.17, 15) is 14.9 Å². The van der Waals surface area contributed by atoms with Crippen molar-refractivity contribution >= 4 is 17.5 Å². The molecular formula is C12H11N3O5. The molecule has 0 unspecified atom stereocenters. The third kappa shape index (κ3) is 3.10. The third-order valence-electron chi connectivity index (χ3n) is 2.56. The van der Waals surface area contributed by atoms with Crippen molar-refractivity contribution in [3.8, 4) is 0 Å². The summed E-state index contributed by atoms with van der Waals surface area (Å²) in [7, 11) is 0. The van der Waals surface area contributed by atoms with E-state index in [1.54, 1.807) is 18.4 Å². The van der Waals surface area contributed by atoms with Gasteiger partial charge in [-0.2, -0.15) is 0 Å². The molecule has 0 aliphatic heterocycles. The molecule has 8 heteroatoms. The van der Waals surface area contributed by atoms with Crippen LogP contribution in [0.5, 0.6) is 0 Å². The number of pyridine rings is 1. The van der Waals surface area contributed by atoms with Crippen molar-refractivity contribution in [2.24, 2.45) is 0 Å². The lowest BCUT2D eigenvalue weighted by Gasteiger charge is -2.07. The first-order valence-electron chi connectivity index (χ1n) is 5.72. The molecule has 2 rings (SSSR count). The first kappa shape index (κ1) is 13.5. The number of carboxylic acids is 1. The number of aromatic carboxylic acids is 1. The predicted octanol–water partition coefficient (Wildman–Crippen LogP) is 1.94. The maximum absolute atomic E-state index is 11.1. The van der Waals surface area contributed by atoms with E-state index >= 15 is 0 Å². The average Bonchev–Trinajstić information content (AvgIpc) is 2.91. The van der Waals surface area contributed by atoms with Crippen LogP contribution in [0.3, 0.4) is 0 Å². The van der Waals surface area contributed by atoms with Gasteiger partial charge in [-0.25, -0.2) is 9.78 Å². The highest BCUT2D eigenvalue weighted by atomic mass is 16.6. The second-order valence-corrected chi connectivity index (χ2v) is 3.91. The molecule has 0 saturated carbocycles. The van der Waals surface area contributed by atoms with E-state index in [1.807, 2.05) is 0 Å². The Bertz CT molecular complexity index is 624. The number of carboxylic acid groups (broad SMARTS) is 1. The molecule has 20 heavy (non-hydrogen) atoms. The number of anilines is 1. The van der Waals surface area contributed by atoms with Crippen LogP contribution in [0.4, 0.5) is 11.5 Å². The van der Waals surface area contributed by atoms with Crippen LogP contribution in [-0.2, 0) is 6.42 Å². The molecule has 0 atom stereocenters. The van der Waals surface area contributed by atoms with Gasteiger partial charge in [0, 0.05) is 19.0 Å². The summed E-state index contributed by atoms with van der Waals surface area (Å²) in [6, 6.07) is 4.52. The van der Waals surface area contributed by atoms with Crippen LogP contribution in [-0.4, -0.2) is 27.5 Å². The lowest BCUT2D eigenvalue weighted by atomic mass is 10.2. The first-order valence-corrected chi connectivity index (χ1v) is 5.72. The van der Waals surface area contributed by atoms with Gasteiger partial charge in [-0.1, -0.05) is 0 Å². The predicted molar refractivity (Wildman–Crippen MR) is 68.8 cm³/mol. The number of nitrogens with one attached hydrogen (secondary N) is 1. The van der Waals surface area contributed by atoms with Crippen molar-refractivity contribution in [1.82, 2.24) is 4.98 Å². The second kappa shape index (κ2) is 5.83. The molecule has 0 aliphatic rings. The molecule has 0 saturated heterocycles. The minimum Gasteiger partial charge on any atom is -0.478 e. The fourth-order valence-electron chi connectivity index (χ4n) is 1.62. The van der Waals surface area contributed by atoms with Gasteiger partial charge in [0.1, 0.15) is 23.3 Å². The molecule has 2 N–H and O–H groups in total. The van der Waals surface area contributed by atoms with Gasteiger partial charge >= 0.3 is 5.97 Å². The maximum atomic E-state index is 11.1. The molecule has 2 heterocycles. The molecule has 8 nitrogen and oxygen atoms in total. The topological polar surface area (TPSA) is 118 Å². The molecule has 2 aromatic rings. The summed E-state index contributed by atoms with van der Waals surface area (Å²) in [4.78, 5) is 24.8. The molecule has 0 aromatic carbocycles. The molecule has 0 amide bonds. The van der Waals surface area contributed by atoms with Gasteiger partial charge in [-0.05, 0) is 12.1 Å². The molecule has 0 radical (unpaired) electrons. The first-order chi connectivity index (χ1) is 9.58. The number of rotatable bonds is 6. The standard InChI is InChI=1S/C12H11N3O5/c16-12(17)10-6-8(15(18)19)7-14-11(10)13-4-3-9-2-1-5-20-9/h1-2,5-7H,3-4H2,(H,13,14)(H,16,17). The molecule has 0 fully saturated rings. The summed E-state index contributed by atoms with van der Waals surface area (Å²) in [5.74, 6) is -0.437. The van der Waals surface area contributed by atoms with Crippen molar-refractivity contribution in [2.75, 3.05) is 11.9 Å². The third-order valence-corrected chi connectivity index (χ3v) is 2.56. The normalized spacial score (nSPS) is 10.2. The molecular weight excluding hydrogens is 266 g/mol. The minimum atomic E-state index is -1.28. The summed E-state index contributed by atoms with van der Waals surface area (Å²) >= 11 is 0. The van der Waals surface area contributed by atoms with Gasteiger partial charge in [0.2, 0.25) is 0 Å². The van der Waals surface area contributed by atoms with Crippen LogP contribution in [0.1, 0.15) is 16.1 Å². The number of hydrogen-bond acceptors (Lipinski definition) is 6. The van der Waals surface area contributed by atoms with E-state index < -0.39 is 10.9 Å². The molecule has 104 valence electrons. The highest BCUT2D eigenvalue weighted by Crippen LogP contribution is 2.19. The number of hydrogen-bond donors (Lipinski definition) is 2. The van der Waals surface area contributed by atoms with Crippen molar-refractivity contribution in [3.05, 3.63) is 52.1 Å². The van der Waals surface area contributed by atoms with Crippen LogP contribution in [0.15, 0.2) is 35.1 Å². The Morgan fingerprint density at radius 1 is 1.55 bits per heavy atom. The van der Waals surface area contributed by atoms with Crippen LogP contribution < -0.4 is 5.32 Å². The zero-order valence-corrected chi connectivity index (χ0v) is 10.3. The zero-order chi connectivity index (χ0) is 14.5. The quantitative estimate of drug-likeness (QED) is 0.611. The number of carbonyl (C=O) groups is 1. The maximum Gasteiger partial charge on any atom is 0.339 e. The van der Waals surface area contributed by atoms with Gasteiger partial charge < -0.3 is 14.8 Å². The van der Waals surface area contributed by atoms with Crippen LogP contribution in [0.25, 0.3) is 0 Å². The fraction of sp³-hybridized carbons (Fsp3) is 0.167. The van der Waals surface area contributed by atoms with Gasteiger partial charge in [-0.15, -0.1) is 0 Å². The molecule has 0 aliphatic carbocycles. The van der Waals surface area contributed by atoms with Gasteiger partial charge in [0.25, 0.3) is 5.69 Å². The zero-order valence-electron chi connectivity index (χ0n) is 10.3. The highest BCUT2D eigenvalue weighted by molar-refractivity contribution is 5.93. The lowest BCUT2D eigenvalue weighted by molar-refractivity contribution is -0.385. The van der Waals surface area contributed by atoms with Gasteiger partial charge in [0.05, 0.1) is 11.2 Å². The Hall–Kier alpha value is -2.90. The number of furan rings is 1. The van der Waals surface area contributed by atoms with Crippen molar-refractivity contribution in [3.63, 3.8) is 0 Å². The van der Waals surface area contributed by atoms with Crippen molar-refractivity contribution < 1.29 is 19.2 Å². The minimum absolute atomic E-state index is 0.0923. The van der Waals surface area contributed by atoms with Gasteiger partial charge in [-0.3, -0.25) is 10.1 Å². The summed E-state index contributed by atoms with van der Waals surface area (Å²) in [5.41, 5.74) is -0.599. The van der Waals surface area contributed by atoms with Crippen LogP contribution >= 0.6 is 0 Å². The summed E-state index contributed by atoms with van der Waals surface area (Å²) in [6.07, 6.45) is 3.11.